The number of para-hydroxylation sites is 1. The fraction of sp³-hybridized carbons (Fsp3) is 0. The number of benzene rings is 2. The molecule has 0 saturated carbocycles. The van der Waals surface area contributed by atoms with E-state index in [9.17, 15) is 9.18 Å². The Labute approximate surface area is 108 Å². The minimum atomic E-state index is -0.439. The monoisotopic (exact) mass is 254 g/mol. The van der Waals surface area contributed by atoms with Crippen LogP contribution >= 0.6 is 0 Å². The Balaban J connectivity index is 2.14. The second-order valence-electron chi connectivity index (χ2n) is 4.16. The van der Waals surface area contributed by atoms with Crippen LogP contribution in [0.15, 0.2) is 65.5 Å². The standard InChI is InChI=1S/C15H11FN2O/c16-12-8-4-5-9-14(12)18-15(19)10-13(17-18)11-6-2-1-3-7-11/h1-10,17H. The summed E-state index contributed by atoms with van der Waals surface area (Å²) < 4.78 is 14.9. The molecule has 0 bridgehead atoms. The van der Waals surface area contributed by atoms with Gasteiger partial charge >= 0.3 is 0 Å². The summed E-state index contributed by atoms with van der Waals surface area (Å²) in [4.78, 5) is 11.9. The van der Waals surface area contributed by atoms with Gasteiger partial charge in [0.15, 0.2) is 0 Å². The van der Waals surface area contributed by atoms with Gasteiger partial charge in [-0.2, -0.15) is 0 Å². The van der Waals surface area contributed by atoms with Crippen LogP contribution in [0.3, 0.4) is 0 Å². The lowest BCUT2D eigenvalue weighted by Crippen LogP contribution is -2.14. The highest BCUT2D eigenvalue weighted by molar-refractivity contribution is 5.58. The molecule has 2 aromatic carbocycles. The molecule has 94 valence electrons. The van der Waals surface area contributed by atoms with E-state index in [1.54, 1.807) is 18.2 Å². The van der Waals surface area contributed by atoms with Crippen molar-refractivity contribution in [2.45, 2.75) is 0 Å². The lowest BCUT2D eigenvalue weighted by Gasteiger charge is -2.03. The van der Waals surface area contributed by atoms with Crippen LogP contribution in [0.1, 0.15) is 0 Å². The van der Waals surface area contributed by atoms with Crippen molar-refractivity contribution in [3.63, 3.8) is 0 Å². The van der Waals surface area contributed by atoms with Gasteiger partial charge in [-0.05, 0) is 17.7 Å². The zero-order valence-corrected chi connectivity index (χ0v) is 10.0. The molecule has 0 aliphatic heterocycles. The van der Waals surface area contributed by atoms with Crippen LogP contribution in [-0.4, -0.2) is 9.78 Å². The molecule has 0 aliphatic rings. The second kappa shape index (κ2) is 4.57. The zero-order chi connectivity index (χ0) is 13.2. The van der Waals surface area contributed by atoms with Crippen LogP contribution in [0.4, 0.5) is 4.39 Å². The third-order valence-electron chi connectivity index (χ3n) is 2.90. The maximum atomic E-state index is 13.7. The van der Waals surface area contributed by atoms with Gasteiger partial charge in [-0.3, -0.25) is 9.89 Å². The smallest absolute Gasteiger partial charge is 0.271 e. The fourth-order valence-electron chi connectivity index (χ4n) is 1.97. The summed E-state index contributed by atoms with van der Waals surface area (Å²) in [5.74, 6) is -0.439. The molecule has 4 heteroatoms. The largest absolute Gasteiger partial charge is 0.290 e. The van der Waals surface area contributed by atoms with Gasteiger partial charge in [-0.1, -0.05) is 42.5 Å². The van der Waals surface area contributed by atoms with Crippen molar-refractivity contribution < 1.29 is 4.39 Å². The highest BCUT2D eigenvalue weighted by Crippen LogP contribution is 2.16. The molecule has 3 rings (SSSR count). The fourth-order valence-corrected chi connectivity index (χ4v) is 1.97. The topological polar surface area (TPSA) is 37.8 Å². The second-order valence-corrected chi connectivity index (χ2v) is 4.16. The predicted octanol–water partition coefficient (Wildman–Crippen LogP) is 2.97. The Kier molecular flexibility index (Phi) is 2.76. The maximum Gasteiger partial charge on any atom is 0.271 e. The third-order valence-corrected chi connectivity index (χ3v) is 2.90. The van der Waals surface area contributed by atoms with Crippen molar-refractivity contribution in [3.8, 4) is 16.9 Å². The molecule has 0 atom stereocenters. The highest BCUT2D eigenvalue weighted by atomic mass is 19.1. The van der Waals surface area contributed by atoms with Crippen molar-refractivity contribution in [1.29, 1.82) is 0 Å². The number of aromatic nitrogens is 2. The molecule has 0 radical (unpaired) electrons. The summed E-state index contributed by atoms with van der Waals surface area (Å²) in [6.07, 6.45) is 0. The molecule has 19 heavy (non-hydrogen) atoms. The van der Waals surface area contributed by atoms with Gasteiger partial charge in [-0.15, -0.1) is 0 Å². The molecule has 0 amide bonds. The molecule has 1 aromatic heterocycles. The Morgan fingerprint density at radius 3 is 2.37 bits per heavy atom. The van der Waals surface area contributed by atoms with E-state index < -0.39 is 5.82 Å². The molecule has 0 fully saturated rings. The summed E-state index contributed by atoms with van der Waals surface area (Å²) in [7, 11) is 0. The number of hydrogen-bond donors (Lipinski definition) is 1. The highest BCUT2D eigenvalue weighted by Gasteiger charge is 2.09. The molecule has 3 nitrogen and oxygen atoms in total. The predicted molar refractivity (Wildman–Crippen MR) is 71.8 cm³/mol. The van der Waals surface area contributed by atoms with Gasteiger partial charge in [0.25, 0.3) is 5.56 Å². The number of H-pyrrole nitrogens is 1. The lowest BCUT2D eigenvalue weighted by molar-refractivity contribution is 0.608. The molecule has 0 spiro atoms. The summed E-state index contributed by atoms with van der Waals surface area (Å²) in [5.41, 5.74) is 1.47. The van der Waals surface area contributed by atoms with E-state index in [0.29, 0.717) is 5.69 Å². The molecule has 1 heterocycles. The molecule has 3 aromatic rings. The van der Waals surface area contributed by atoms with Gasteiger partial charge in [0, 0.05) is 6.07 Å². The summed E-state index contributed by atoms with van der Waals surface area (Å²) >= 11 is 0. The van der Waals surface area contributed by atoms with Gasteiger partial charge in [0.1, 0.15) is 11.5 Å². The normalized spacial score (nSPS) is 10.6. The van der Waals surface area contributed by atoms with Crippen molar-refractivity contribution in [3.05, 3.63) is 76.8 Å². The van der Waals surface area contributed by atoms with Crippen LogP contribution in [0, 0.1) is 5.82 Å². The summed E-state index contributed by atoms with van der Waals surface area (Å²) in [6.45, 7) is 0. The number of rotatable bonds is 2. The van der Waals surface area contributed by atoms with E-state index in [1.807, 2.05) is 30.3 Å². The van der Waals surface area contributed by atoms with E-state index >= 15 is 0 Å². The molecular formula is C15H11FN2O. The lowest BCUT2D eigenvalue weighted by atomic mass is 10.2. The first-order chi connectivity index (χ1) is 9.25. The van der Waals surface area contributed by atoms with Crippen LogP contribution < -0.4 is 5.56 Å². The maximum absolute atomic E-state index is 13.7. The SMILES string of the molecule is O=c1cc(-c2ccccc2)[nH]n1-c1ccccc1F. The zero-order valence-electron chi connectivity index (χ0n) is 10.0. The van der Waals surface area contributed by atoms with Crippen LogP contribution in [-0.2, 0) is 0 Å². The van der Waals surface area contributed by atoms with Crippen molar-refractivity contribution in [2.24, 2.45) is 0 Å². The van der Waals surface area contributed by atoms with Crippen molar-refractivity contribution >= 4 is 0 Å². The van der Waals surface area contributed by atoms with Crippen LogP contribution in [0.25, 0.3) is 16.9 Å². The first-order valence-corrected chi connectivity index (χ1v) is 5.88. The summed E-state index contributed by atoms with van der Waals surface area (Å²) in [6, 6.07) is 17.1. The molecule has 1 N–H and O–H groups in total. The number of hydrogen-bond acceptors (Lipinski definition) is 1. The van der Waals surface area contributed by atoms with Gasteiger partial charge in [0.2, 0.25) is 0 Å². The number of nitrogens with zero attached hydrogens (tertiary/aromatic N) is 1. The Bertz CT molecular complexity index is 759. The first-order valence-electron chi connectivity index (χ1n) is 5.88. The quantitative estimate of drug-likeness (QED) is 0.750. The summed E-state index contributed by atoms with van der Waals surface area (Å²) in [5, 5.41) is 2.92. The van der Waals surface area contributed by atoms with E-state index in [1.165, 1.54) is 16.8 Å². The molecular weight excluding hydrogens is 243 g/mol. The average Bonchev–Trinajstić information content (AvgIpc) is 2.82. The van der Waals surface area contributed by atoms with Crippen LogP contribution in [0.2, 0.25) is 0 Å². The Hall–Kier alpha value is -2.62. The van der Waals surface area contributed by atoms with Crippen molar-refractivity contribution in [2.75, 3.05) is 0 Å². The van der Waals surface area contributed by atoms with E-state index in [-0.39, 0.29) is 11.2 Å². The van der Waals surface area contributed by atoms with Gasteiger partial charge in [-0.25, -0.2) is 9.07 Å². The Morgan fingerprint density at radius 1 is 0.947 bits per heavy atom. The van der Waals surface area contributed by atoms with Gasteiger partial charge < -0.3 is 0 Å². The van der Waals surface area contributed by atoms with Crippen LogP contribution in [0.5, 0.6) is 0 Å². The first kappa shape index (κ1) is 11.5. The number of aromatic amines is 1. The number of nitrogens with one attached hydrogen (secondary N) is 1. The minimum Gasteiger partial charge on any atom is -0.290 e. The van der Waals surface area contributed by atoms with E-state index in [0.717, 1.165) is 5.56 Å². The minimum absolute atomic E-state index is 0.217. The molecule has 0 aliphatic carbocycles. The molecule has 0 unspecified atom stereocenters. The average molecular weight is 254 g/mol. The number of halogens is 1. The molecule has 0 saturated heterocycles. The van der Waals surface area contributed by atoms with Gasteiger partial charge in [0.05, 0.1) is 5.69 Å². The van der Waals surface area contributed by atoms with E-state index in [2.05, 4.69) is 5.10 Å². The van der Waals surface area contributed by atoms with E-state index in [4.69, 9.17) is 0 Å². The third kappa shape index (κ3) is 2.08. The van der Waals surface area contributed by atoms with Crippen molar-refractivity contribution in [1.82, 2.24) is 9.78 Å². The Morgan fingerprint density at radius 2 is 1.63 bits per heavy atom.